The maximum absolute atomic E-state index is 12.3. The zero-order chi connectivity index (χ0) is 20.1. The van der Waals surface area contributed by atoms with Gasteiger partial charge in [-0.15, -0.1) is 0 Å². The molecular weight excluding hydrogens is 356 g/mol. The van der Waals surface area contributed by atoms with Crippen LogP contribution in [0.15, 0.2) is 42.5 Å². The molecule has 1 aliphatic carbocycles. The monoisotopic (exact) mass is 382 g/mol. The molecule has 2 amide bonds. The van der Waals surface area contributed by atoms with E-state index in [-0.39, 0.29) is 17.7 Å². The van der Waals surface area contributed by atoms with Gasteiger partial charge in [-0.05, 0) is 60.7 Å². The first kappa shape index (κ1) is 19.7. The summed E-state index contributed by atoms with van der Waals surface area (Å²) < 4.78 is 10.5. The van der Waals surface area contributed by atoms with Gasteiger partial charge in [0, 0.05) is 23.7 Å². The van der Waals surface area contributed by atoms with Gasteiger partial charge < -0.3 is 20.1 Å². The number of methoxy groups -OCH3 is 2. The Labute approximate surface area is 165 Å². The van der Waals surface area contributed by atoms with Crippen LogP contribution < -0.4 is 20.1 Å². The molecule has 0 saturated heterocycles. The van der Waals surface area contributed by atoms with Crippen molar-refractivity contribution in [1.82, 2.24) is 5.32 Å². The van der Waals surface area contributed by atoms with Crippen molar-refractivity contribution in [3.8, 4) is 11.5 Å². The summed E-state index contributed by atoms with van der Waals surface area (Å²) in [5, 5.41) is 5.80. The predicted molar refractivity (Wildman–Crippen MR) is 108 cm³/mol. The van der Waals surface area contributed by atoms with E-state index in [0.717, 1.165) is 12.0 Å². The highest BCUT2D eigenvalue weighted by atomic mass is 16.5. The second-order valence-electron chi connectivity index (χ2n) is 7.08. The first-order chi connectivity index (χ1) is 13.5. The standard InChI is InChI=1S/C22H26N2O4/c1-14-12-18(14)22(26)24-17-7-5-16(6-8-17)21(25)23-11-10-15-4-9-19(27-2)20(13-15)28-3/h4-9,13-14,18H,10-12H2,1-3H3,(H,23,25)(H,24,26). The van der Waals surface area contributed by atoms with Gasteiger partial charge in [-0.2, -0.15) is 0 Å². The Bertz CT molecular complexity index is 848. The molecule has 0 heterocycles. The van der Waals surface area contributed by atoms with Gasteiger partial charge in [-0.25, -0.2) is 0 Å². The van der Waals surface area contributed by atoms with E-state index < -0.39 is 0 Å². The van der Waals surface area contributed by atoms with E-state index in [1.165, 1.54) is 0 Å². The number of nitrogens with one attached hydrogen (secondary N) is 2. The topological polar surface area (TPSA) is 76.7 Å². The number of hydrogen-bond acceptors (Lipinski definition) is 4. The van der Waals surface area contributed by atoms with Gasteiger partial charge in [0.05, 0.1) is 14.2 Å². The van der Waals surface area contributed by atoms with Crippen LogP contribution in [-0.4, -0.2) is 32.6 Å². The van der Waals surface area contributed by atoms with E-state index in [1.807, 2.05) is 18.2 Å². The van der Waals surface area contributed by atoms with Crippen LogP contribution >= 0.6 is 0 Å². The van der Waals surface area contributed by atoms with Gasteiger partial charge in [0.25, 0.3) is 5.91 Å². The van der Waals surface area contributed by atoms with Crippen molar-refractivity contribution < 1.29 is 19.1 Å². The van der Waals surface area contributed by atoms with Crippen molar-refractivity contribution in [3.05, 3.63) is 53.6 Å². The summed E-state index contributed by atoms with van der Waals surface area (Å²) in [4.78, 5) is 24.3. The summed E-state index contributed by atoms with van der Waals surface area (Å²) in [5.74, 6) is 1.85. The molecule has 0 aromatic heterocycles. The number of carbonyl (C=O) groups excluding carboxylic acids is 2. The lowest BCUT2D eigenvalue weighted by molar-refractivity contribution is -0.117. The molecule has 2 aromatic carbocycles. The molecule has 1 saturated carbocycles. The third-order valence-corrected chi connectivity index (χ3v) is 5.01. The van der Waals surface area contributed by atoms with Crippen LogP contribution in [0.2, 0.25) is 0 Å². The van der Waals surface area contributed by atoms with Crippen LogP contribution in [0.5, 0.6) is 11.5 Å². The van der Waals surface area contributed by atoms with Crippen molar-refractivity contribution in [1.29, 1.82) is 0 Å². The molecule has 2 unspecified atom stereocenters. The van der Waals surface area contributed by atoms with E-state index >= 15 is 0 Å². The highest BCUT2D eigenvalue weighted by Gasteiger charge is 2.39. The molecule has 6 nitrogen and oxygen atoms in total. The first-order valence-corrected chi connectivity index (χ1v) is 9.42. The zero-order valence-corrected chi connectivity index (χ0v) is 16.5. The summed E-state index contributed by atoms with van der Waals surface area (Å²) in [6.45, 7) is 2.58. The maximum atomic E-state index is 12.3. The van der Waals surface area contributed by atoms with E-state index in [1.54, 1.807) is 38.5 Å². The first-order valence-electron chi connectivity index (χ1n) is 9.42. The van der Waals surface area contributed by atoms with Crippen molar-refractivity contribution in [2.75, 3.05) is 26.1 Å². The van der Waals surface area contributed by atoms with Crippen LogP contribution in [0, 0.1) is 11.8 Å². The summed E-state index contributed by atoms with van der Waals surface area (Å²) in [6, 6.07) is 12.7. The molecule has 0 radical (unpaired) electrons. The van der Waals surface area contributed by atoms with Gasteiger partial charge >= 0.3 is 0 Å². The van der Waals surface area contributed by atoms with E-state index in [2.05, 4.69) is 17.6 Å². The quantitative estimate of drug-likeness (QED) is 0.735. The molecule has 0 bridgehead atoms. The Hall–Kier alpha value is -3.02. The van der Waals surface area contributed by atoms with Gasteiger partial charge in [-0.1, -0.05) is 13.0 Å². The minimum Gasteiger partial charge on any atom is -0.493 e. The predicted octanol–water partition coefficient (Wildman–Crippen LogP) is 3.27. The molecule has 28 heavy (non-hydrogen) atoms. The Balaban J connectivity index is 1.49. The lowest BCUT2D eigenvalue weighted by Crippen LogP contribution is -2.25. The van der Waals surface area contributed by atoms with Crippen molar-refractivity contribution >= 4 is 17.5 Å². The largest absolute Gasteiger partial charge is 0.493 e. The average Bonchev–Trinajstić information content (AvgIpc) is 3.45. The Morgan fingerprint density at radius 3 is 2.32 bits per heavy atom. The van der Waals surface area contributed by atoms with E-state index in [4.69, 9.17) is 9.47 Å². The minimum absolute atomic E-state index is 0.0552. The van der Waals surface area contributed by atoms with E-state index in [9.17, 15) is 9.59 Å². The number of rotatable bonds is 8. The van der Waals surface area contributed by atoms with Crippen LogP contribution in [0.4, 0.5) is 5.69 Å². The van der Waals surface area contributed by atoms with Crippen LogP contribution in [-0.2, 0) is 11.2 Å². The molecule has 1 aliphatic rings. The second-order valence-corrected chi connectivity index (χ2v) is 7.08. The molecular formula is C22H26N2O4. The molecule has 2 atom stereocenters. The highest BCUT2D eigenvalue weighted by Crippen LogP contribution is 2.38. The van der Waals surface area contributed by atoms with Gasteiger partial charge in [0.15, 0.2) is 11.5 Å². The van der Waals surface area contributed by atoms with Crippen molar-refractivity contribution in [2.45, 2.75) is 19.8 Å². The molecule has 0 aliphatic heterocycles. The third kappa shape index (κ3) is 4.82. The normalized spacial score (nSPS) is 17.5. The fourth-order valence-electron chi connectivity index (χ4n) is 3.09. The maximum Gasteiger partial charge on any atom is 0.251 e. The zero-order valence-electron chi connectivity index (χ0n) is 16.5. The minimum atomic E-state index is -0.144. The van der Waals surface area contributed by atoms with Gasteiger partial charge in [0.2, 0.25) is 5.91 Å². The van der Waals surface area contributed by atoms with Crippen LogP contribution in [0.3, 0.4) is 0 Å². The average molecular weight is 382 g/mol. The van der Waals surface area contributed by atoms with Crippen molar-refractivity contribution in [3.63, 3.8) is 0 Å². The fourth-order valence-corrected chi connectivity index (χ4v) is 3.09. The van der Waals surface area contributed by atoms with Gasteiger partial charge in [-0.3, -0.25) is 9.59 Å². The Kier molecular flexibility index (Phi) is 6.19. The number of anilines is 1. The number of carbonyl (C=O) groups is 2. The van der Waals surface area contributed by atoms with Crippen LogP contribution in [0.25, 0.3) is 0 Å². The fraction of sp³-hybridized carbons (Fsp3) is 0.364. The van der Waals surface area contributed by atoms with Crippen molar-refractivity contribution in [2.24, 2.45) is 11.8 Å². The highest BCUT2D eigenvalue weighted by molar-refractivity contribution is 5.96. The summed E-state index contributed by atoms with van der Waals surface area (Å²) in [7, 11) is 3.20. The summed E-state index contributed by atoms with van der Waals surface area (Å²) >= 11 is 0. The number of ether oxygens (including phenoxy) is 2. The number of amides is 2. The SMILES string of the molecule is COc1ccc(CCNC(=O)c2ccc(NC(=O)C3CC3C)cc2)cc1OC. The second kappa shape index (κ2) is 8.78. The molecule has 0 spiro atoms. The molecule has 2 aromatic rings. The van der Waals surface area contributed by atoms with Gasteiger partial charge in [0.1, 0.15) is 0 Å². The number of hydrogen-bond donors (Lipinski definition) is 2. The summed E-state index contributed by atoms with van der Waals surface area (Å²) in [5.41, 5.74) is 2.32. The molecule has 1 fully saturated rings. The molecule has 148 valence electrons. The lowest BCUT2D eigenvalue weighted by atomic mass is 10.1. The molecule has 3 rings (SSSR count). The Morgan fingerprint density at radius 2 is 1.71 bits per heavy atom. The van der Waals surface area contributed by atoms with Crippen LogP contribution in [0.1, 0.15) is 29.3 Å². The summed E-state index contributed by atoms with van der Waals surface area (Å²) in [6.07, 6.45) is 1.63. The Morgan fingerprint density at radius 1 is 1.04 bits per heavy atom. The smallest absolute Gasteiger partial charge is 0.251 e. The third-order valence-electron chi connectivity index (χ3n) is 5.01. The lowest BCUT2D eigenvalue weighted by Gasteiger charge is -2.10. The van der Waals surface area contributed by atoms with E-state index in [0.29, 0.717) is 41.6 Å². The number of benzene rings is 2. The molecule has 6 heteroatoms. The molecule has 2 N–H and O–H groups in total.